The van der Waals surface area contributed by atoms with Crippen LogP contribution >= 0.6 is 11.6 Å². The van der Waals surface area contributed by atoms with Crippen LogP contribution in [-0.2, 0) is 19.1 Å². The van der Waals surface area contributed by atoms with E-state index >= 15 is 0 Å². The lowest BCUT2D eigenvalue weighted by Gasteiger charge is -2.26. The number of nitro groups is 1. The van der Waals surface area contributed by atoms with E-state index < -0.39 is 35.1 Å². The third kappa shape index (κ3) is 5.63. The minimum absolute atomic E-state index is 0.0323. The predicted octanol–water partition coefficient (Wildman–Crippen LogP) is 0.768. The summed E-state index contributed by atoms with van der Waals surface area (Å²) < 4.78 is 10.1. The second-order valence-corrected chi connectivity index (χ2v) is 6.13. The van der Waals surface area contributed by atoms with Gasteiger partial charge in [-0.25, -0.2) is 4.79 Å². The quantitative estimate of drug-likeness (QED) is 0.425. The van der Waals surface area contributed by atoms with Gasteiger partial charge in [-0.2, -0.15) is 0 Å². The number of morpholine rings is 1. The summed E-state index contributed by atoms with van der Waals surface area (Å²) in [6.45, 7) is 2.66. The Morgan fingerprint density at radius 3 is 2.67 bits per heavy atom. The van der Waals surface area contributed by atoms with Crippen molar-refractivity contribution in [3.63, 3.8) is 0 Å². The molecule has 0 spiro atoms. The van der Waals surface area contributed by atoms with Crippen LogP contribution in [0.3, 0.4) is 0 Å². The van der Waals surface area contributed by atoms with Gasteiger partial charge in [-0.3, -0.25) is 19.7 Å². The maximum atomic E-state index is 12.2. The van der Waals surface area contributed by atoms with Crippen molar-refractivity contribution >= 4 is 35.1 Å². The molecule has 27 heavy (non-hydrogen) atoms. The molecule has 0 unspecified atom stereocenters. The molecule has 0 radical (unpaired) electrons. The second kappa shape index (κ2) is 9.28. The third-order valence-corrected chi connectivity index (χ3v) is 4.13. The smallest absolute Gasteiger partial charge is 0.328 e. The van der Waals surface area contributed by atoms with E-state index in [1.807, 2.05) is 0 Å². The van der Waals surface area contributed by atoms with E-state index in [0.29, 0.717) is 26.3 Å². The molecular formula is C16H18ClN3O7. The van der Waals surface area contributed by atoms with Gasteiger partial charge in [0.25, 0.3) is 17.5 Å². The monoisotopic (exact) mass is 399 g/mol. The fraction of sp³-hybridized carbons (Fsp3) is 0.438. The summed E-state index contributed by atoms with van der Waals surface area (Å²) in [5.41, 5.74) is -0.453. The first kappa shape index (κ1) is 20.6. The van der Waals surface area contributed by atoms with Crippen molar-refractivity contribution in [1.82, 2.24) is 10.2 Å². The first-order valence-corrected chi connectivity index (χ1v) is 8.44. The number of benzene rings is 1. The largest absolute Gasteiger partial charge is 0.454 e. The van der Waals surface area contributed by atoms with E-state index in [4.69, 9.17) is 21.1 Å². The molecule has 0 aromatic heterocycles. The molecule has 2 rings (SSSR count). The van der Waals surface area contributed by atoms with Crippen molar-refractivity contribution in [1.29, 1.82) is 0 Å². The van der Waals surface area contributed by atoms with Crippen LogP contribution in [0.4, 0.5) is 5.69 Å². The second-order valence-electron chi connectivity index (χ2n) is 5.72. The van der Waals surface area contributed by atoms with Crippen LogP contribution < -0.4 is 5.32 Å². The lowest BCUT2D eigenvalue weighted by atomic mass is 10.1. The molecule has 1 heterocycles. The van der Waals surface area contributed by atoms with Gasteiger partial charge < -0.3 is 19.7 Å². The molecule has 0 saturated carbocycles. The van der Waals surface area contributed by atoms with Crippen molar-refractivity contribution in [2.24, 2.45) is 0 Å². The molecule has 10 nitrogen and oxygen atoms in total. The fourth-order valence-corrected chi connectivity index (χ4v) is 2.48. The minimum Gasteiger partial charge on any atom is -0.454 e. The van der Waals surface area contributed by atoms with E-state index in [9.17, 15) is 24.5 Å². The van der Waals surface area contributed by atoms with Gasteiger partial charge in [0.2, 0.25) is 0 Å². The standard InChI is InChI=1S/C16H18ClN3O7/c1-10(16(23)27-9-14(21)19-4-6-26-7-5-19)18-15(22)11-2-3-12(17)13(8-11)20(24)25/h2-3,8,10H,4-7,9H2,1H3,(H,18,22)/t10-/m0/s1. The summed E-state index contributed by atoms with van der Waals surface area (Å²) in [5, 5.41) is 13.1. The molecule has 0 bridgehead atoms. The number of nitrogens with one attached hydrogen (secondary N) is 1. The number of nitro benzene ring substituents is 1. The van der Waals surface area contributed by atoms with Crippen LogP contribution in [0.25, 0.3) is 0 Å². The van der Waals surface area contributed by atoms with Crippen LogP contribution in [0, 0.1) is 10.1 Å². The van der Waals surface area contributed by atoms with E-state index in [2.05, 4.69) is 5.32 Å². The molecule has 1 N–H and O–H groups in total. The van der Waals surface area contributed by atoms with Gasteiger partial charge in [-0.15, -0.1) is 0 Å². The topological polar surface area (TPSA) is 128 Å². The Morgan fingerprint density at radius 1 is 1.37 bits per heavy atom. The minimum atomic E-state index is -1.05. The molecular weight excluding hydrogens is 382 g/mol. The fourth-order valence-electron chi connectivity index (χ4n) is 2.29. The number of carbonyl (C=O) groups is 3. The van der Waals surface area contributed by atoms with Gasteiger partial charge in [-0.05, 0) is 19.1 Å². The molecule has 2 amide bonds. The lowest BCUT2D eigenvalue weighted by molar-refractivity contribution is -0.384. The Balaban J connectivity index is 1.88. The van der Waals surface area contributed by atoms with Crippen molar-refractivity contribution in [2.75, 3.05) is 32.9 Å². The predicted molar refractivity (Wildman–Crippen MR) is 93.4 cm³/mol. The molecule has 1 aliphatic rings. The summed E-state index contributed by atoms with van der Waals surface area (Å²) >= 11 is 5.70. The maximum Gasteiger partial charge on any atom is 0.328 e. The van der Waals surface area contributed by atoms with E-state index in [1.165, 1.54) is 24.0 Å². The van der Waals surface area contributed by atoms with Gasteiger partial charge in [0.1, 0.15) is 11.1 Å². The van der Waals surface area contributed by atoms with Gasteiger partial charge in [0.15, 0.2) is 6.61 Å². The maximum absolute atomic E-state index is 12.2. The van der Waals surface area contributed by atoms with Crippen LogP contribution in [0.5, 0.6) is 0 Å². The number of rotatable bonds is 6. The number of nitrogens with zero attached hydrogens (tertiary/aromatic N) is 2. The van der Waals surface area contributed by atoms with Crippen LogP contribution in [0.15, 0.2) is 18.2 Å². The molecule has 1 aliphatic heterocycles. The Hall–Kier alpha value is -2.72. The number of hydrogen-bond donors (Lipinski definition) is 1. The third-order valence-electron chi connectivity index (χ3n) is 3.81. The Bertz CT molecular complexity index is 750. The van der Waals surface area contributed by atoms with Gasteiger partial charge in [0.05, 0.1) is 18.1 Å². The van der Waals surface area contributed by atoms with E-state index in [-0.39, 0.29) is 16.5 Å². The zero-order chi connectivity index (χ0) is 20.0. The highest BCUT2D eigenvalue weighted by Crippen LogP contribution is 2.25. The van der Waals surface area contributed by atoms with Crippen LogP contribution in [-0.4, -0.2) is 66.6 Å². The van der Waals surface area contributed by atoms with Gasteiger partial charge >= 0.3 is 5.97 Å². The highest BCUT2D eigenvalue weighted by atomic mass is 35.5. The molecule has 1 aromatic rings. The Morgan fingerprint density at radius 2 is 2.04 bits per heavy atom. The molecule has 1 fully saturated rings. The van der Waals surface area contributed by atoms with Crippen LogP contribution in [0.1, 0.15) is 17.3 Å². The van der Waals surface area contributed by atoms with Gasteiger partial charge in [0, 0.05) is 24.7 Å². The Kier molecular flexibility index (Phi) is 7.08. The number of hydrogen-bond acceptors (Lipinski definition) is 7. The average molecular weight is 400 g/mol. The van der Waals surface area contributed by atoms with Gasteiger partial charge in [-0.1, -0.05) is 11.6 Å². The highest BCUT2D eigenvalue weighted by molar-refractivity contribution is 6.32. The zero-order valence-electron chi connectivity index (χ0n) is 14.5. The molecule has 146 valence electrons. The van der Waals surface area contributed by atoms with E-state index in [1.54, 1.807) is 0 Å². The normalized spacial score (nSPS) is 15.0. The van der Waals surface area contributed by atoms with Crippen molar-refractivity contribution in [3.8, 4) is 0 Å². The summed E-state index contributed by atoms with van der Waals surface area (Å²) in [7, 11) is 0. The first-order valence-electron chi connectivity index (χ1n) is 8.06. The first-order chi connectivity index (χ1) is 12.8. The number of carbonyl (C=O) groups excluding carboxylic acids is 3. The van der Waals surface area contributed by atoms with Crippen molar-refractivity contribution < 1.29 is 28.8 Å². The number of amides is 2. The molecule has 1 aromatic carbocycles. The van der Waals surface area contributed by atoms with Crippen molar-refractivity contribution in [3.05, 3.63) is 38.9 Å². The molecule has 1 atom stereocenters. The number of halogens is 1. The highest BCUT2D eigenvalue weighted by Gasteiger charge is 2.23. The number of esters is 1. The summed E-state index contributed by atoms with van der Waals surface area (Å²) in [4.78, 5) is 47.7. The molecule has 0 aliphatic carbocycles. The summed E-state index contributed by atoms with van der Waals surface area (Å²) in [5.74, 6) is -1.86. The zero-order valence-corrected chi connectivity index (χ0v) is 15.2. The molecule has 11 heteroatoms. The summed E-state index contributed by atoms with van der Waals surface area (Å²) in [6, 6.07) is 2.48. The average Bonchev–Trinajstić information content (AvgIpc) is 2.66. The number of ether oxygens (including phenoxy) is 2. The SMILES string of the molecule is C[C@H](NC(=O)c1ccc(Cl)c([N+](=O)[O-])c1)C(=O)OCC(=O)N1CCOCC1. The van der Waals surface area contributed by atoms with E-state index in [0.717, 1.165) is 6.07 Å². The molecule has 1 saturated heterocycles. The lowest BCUT2D eigenvalue weighted by Crippen LogP contribution is -2.44. The Labute approximate surface area is 159 Å². The van der Waals surface area contributed by atoms with Crippen LogP contribution in [0.2, 0.25) is 5.02 Å². The van der Waals surface area contributed by atoms with Crippen molar-refractivity contribution in [2.45, 2.75) is 13.0 Å². The summed E-state index contributed by atoms with van der Waals surface area (Å²) in [6.07, 6.45) is 0.